The molecule has 1 amide bonds. The summed E-state index contributed by atoms with van der Waals surface area (Å²) in [6.07, 6.45) is 2.05. The van der Waals surface area contributed by atoms with E-state index in [4.69, 9.17) is 10.5 Å². The number of thiazole rings is 1. The molecule has 7 heteroatoms. The third kappa shape index (κ3) is 3.40. The van der Waals surface area contributed by atoms with Crippen LogP contribution in [0.3, 0.4) is 0 Å². The lowest BCUT2D eigenvalue weighted by Crippen LogP contribution is -2.40. The summed E-state index contributed by atoms with van der Waals surface area (Å²) < 4.78 is 5.59. The second-order valence-electron chi connectivity index (χ2n) is 4.71. The van der Waals surface area contributed by atoms with Crippen molar-refractivity contribution in [2.75, 3.05) is 37.3 Å². The van der Waals surface area contributed by atoms with Crippen LogP contribution in [0, 0.1) is 0 Å². The highest BCUT2D eigenvalue weighted by atomic mass is 32.1. The maximum Gasteiger partial charge on any atom is 0.267 e. The SMILES string of the molecule is CCNc1nc(N)c(C(=O)N2CCC(OCC)CC2)s1. The van der Waals surface area contributed by atoms with Crippen LogP contribution in [-0.2, 0) is 4.74 Å². The van der Waals surface area contributed by atoms with E-state index in [2.05, 4.69) is 10.3 Å². The van der Waals surface area contributed by atoms with Gasteiger partial charge in [-0.25, -0.2) is 4.98 Å². The molecular weight excluding hydrogens is 276 g/mol. The highest BCUT2D eigenvalue weighted by molar-refractivity contribution is 7.18. The van der Waals surface area contributed by atoms with E-state index in [-0.39, 0.29) is 12.0 Å². The van der Waals surface area contributed by atoms with E-state index in [1.807, 2.05) is 18.7 Å². The van der Waals surface area contributed by atoms with Crippen molar-refractivity contribution >= 4 is 28.2 Å². The number of likely N-dealkylation sites (tertiary alicyclic amines) is 1. The average molecular weight is 298 g/mol. The number of anilines is 2. The minimum atomic E-state index is -0.0147. The van der Waals surface area contributed by atoms with Crippen molar-refractivity contribution in [3.63, 3.8) is 0 Å². The third-order valence-corrected chi connectivity index (χ3v) is 4.32. The van der Waals surface area contributed by atoms with Crippen molar-refractivity contribution in [2.24, 2.45) is 0 Å². The maximum absolute atomic E-state index is 12.5. The molecule has 1 aliphatic heterocycles. The number of nitrogens with one attached hydrogen (secondary N) is 1. The minimum Gasteiger partial charge on any atom is -0.382 e. The van der Waals surface area contributed by atoms with Gasteiger partial charge in [0.2, 0.25) is 0 Å². The Balaban J connectivity index is 1.98. The lowest BCUT2D eigenvalue weighted by atomic mass is 10.1. The molecule has 3 N–H and O–H groups in total. The van der Waals surface area contributed by atoms with Crippen molar-refractivity contribution in [2.45, 2.75) is 32.8 Å². The number of rotatable bonds is 5. The smallest absolute Gasteiger partial charge is 0.267 e. The highest BCUT2D eigenvalue weighted by Gasteiger charge is 2.26. The number of piperidine rings is 1. The van der Waals surface area contributed by atoms with Gasteiger partial charge in [0.15, 0.2) is 5.13 Å². The van der Waals surface area contributed by atoms with Crippen LogP contribution in [-0.4, -0.2) is 48.1 Å². The first-order valence-corrected chi connectivity index (χ1v) is 7.88. The number of hydrogen-bond donors (Lipinski definition) is 2. The number of amides is 1. The summed E-state index contributed by atoms with van der Waals surface area (Å²) in [4.78, 5) is 19.0. The molecule has 0 spiro atoms. The summed E-state index contributed by atoms with van der Waals surface area (Å²) >= 11 is 1.33. The molecule has 2 rings (SSSR count). The van der Waals surface area contributed by atoms with Gasteiger partial charge in [-0.3, -0.25) is 4.79 Å². The quantitative estimate of drug-likeness (QED) is 0.866. The summed E-state index contributed by atoms with van der Waals surface area (Å²) in [6, 6.07) is 0. The Morgan fingerprint density at radius 3 is 2.80 bits per heavy atom. The monoisotopic (exact) mass is 298 g/mol. The zero-order valence-corrected chi connectivity index (χ0v) is 12.8. The fourth-order valence-corrected chi connectivity index (χ4v) is 3.24. The Bertz CT molecular complexity index is 455. The van der Waals surface area contributed by atoms with Crippen molar-refractivity contribution in [3.8, 4) is 0 Å². The van der Waals surface area contributed by atoms with Gasteiger partial charge in [0.1, 0.15) is 10.7 Å². The van der Waals surface area contributed by atoms with E-state index in [9.17, 15) is 4.79 Å². The number of carbonyl (C=O) groups is 1. The van der Waals surface area contributed by atoms with Gasteiger partial charge in [-0.1, -0.05) is 11.3 Å². The van der Waals surface area contributed by atoms with Crippen LogP contribution in [0.25, 0.3) is 0 Å². The Morgan fingerprint density at radius 2 is 2.20 bits per heavy atom. The van der Waals surface area contributed by atoms with E-state index in [0.717, 1.165) is 39.1 Å². The lowest BCUT2D eigenvalue weighted by molar-refractivity contribution is 0.0148. The molecule has 0 radical (unpaired) electrons. The van der Waals surface area contributed by atoms with Crippen molar-refractivity contribution in [3.05, 3.63) is 4.88 Å². The van der Waals surface area contributed by atoms with Gasteiger partial charge in [0.05, 0.1) is 6.10 Å². The summed E-state index contributed by atoms with van der Waals surface area (Å²) in [5.41, 5.74) is 5.84. The molecule has 2 heterocycles. The van der Waals surface area contributed by atoms with Gasteiger partial charge in [-0.15, -0.1) is 0 Å². The molecule has 0 unspecified atom stereocenters. The molecular formula is C13H22N4O2S. The normalized spacial score (nSPS) is 16.4. The summed E-state index contributed by atoms with van der Waals surface area (Å²) in [5, 5.41) is 3.79. The topological polar surface area (TPSA) is 80.5 Å². The molecule has 0 bridgehead atoms. The summed E-state index contributed by atoms with van der Waals surface area (Å²) in [5.74, 6) is 0.307. The Labute approximate surface area is 123 Å². The minimum absolute atomic E-state index is 0.0147. The van der Waals surface area contributed by atoms with Crippen molar-refractivity contribution < 1.29 is 9.53 Å². The summed E-state index contributed by atoms with van der Waals surface area (Å²) in [7, 11) is 0. The lowest BCUT2D eigenvalue weighted by Gasteiger charge is -2.31. The van der Waals surface area contributed by atoms with Gasteiger partial charge in [-0.2, -0.15) is 0 Å². The van der Waals surface area contributed by atoms with Crippen LogP contribution in [0.15, 0.2) is 0 Å². The molecule has 0 aliphatic carbocycles. The molecule has 1 aromatic heterocycles. The number of nitrogens with zero attached hydrogens (tertiary/aromatic N) is 2. The molecule has 1 aliphatic rings. The number of carbonyl (C=O) groups excluding carboxylic acids is 1. The van der Waals surface area contributed by atoms with Crippen molar-refractivity contribution in [1.29, 1.82) is 0 Å². The second kappa shape index (κ2) is 6.90. The molecule has 1 saturated heterocycles. The predicted octanol–water partition coefficient (Wildman–Crippen LogP) is 1.80. The first-order chi connectivity index (χ1) is 9.65. The molecule has 112 valence electrons. The van der Waals surface area contributed by atoms with Crippen LogP contribution in [0.2, 0.25) is 0 Å². The Hall–Kier alpha value is -1.34. The van der Waals surface area contributed by atoms with Gasteiger partial charge in [0.25, 0.3) is 5.91 Å². The fourth-order valence-electron chi connectivity index (χ4n) is 2.32. The zero-order chi connectivity index (χ0) is 14.5. The zero-order valence-electron chi connectivity index (χ0n) is 12.0. The third-order valence-electron chi connectivity index (χ3n) is 3.31. The van der Waals surface area contributed by atoms with Crippen LogP contribution >= 0.6 is 11.3 Å². The first kappa shape index (κ1) is 15.1. The van der Waals surface area contributed by atoms with E-state index >= 15 is 0 Å². The maximum atomic E-state index is 12.5. The predicted molar refractivity (Wildman–Crippen MR) is 81.2 cm³/mol. The average Bonchev–Trinajstić information content (AvgIpc) is 2.80. The van der Waals surface area contributed by atoms with E-state index in [0.29, 0.717) is 15.8 Å². The molecule has 1 aromatic rings. The van der Waals surface area contributed by atoms with Gasteiger partial charge < -0.3 is 20.7 Å². The van der Waals surface area contributed by atoms with E-state index in [1.165, 1.54) is 11.3 Å². The van der Waals surface area contributed by atoms with E-state index in [1.54, 1.807) is 0 Å². The standard InChI is InChI=1S/C13H22N4O2S/c1-3-15-13-16-11(14)10(20-13)12(18)17-7-5-9(6-8-17)19-4-2/h9H,3-8,14H2,1-2H3,(H,15,16). The molecule has 0 atom stereocenters. The number of hydrogen-bond acceptors (Lipinski definition) is 6. The second-order valence-corrected chi connectivity index (χ2v) is 5.71. The molecule has 1 fully saturated rings. The number of nitrogens with two attached hydrogens (primary N) is 1. The van der Waals surface area contributed by atoms with Gasteiger partial charge >= 0.3 is 0 Å². The van der Waals surface area contributed by atoms with E-state index < -0.39 is 0 Å². The molecule has 6 nitrogen and oxygen atoms in total. The Morgan fingerprint density at radius 1 is 1.50 bits per heavy atom. The number of ether oxygens (including phenoxy) is 1. The molecule has 20 heavy (non-hydrogen) atoms. The number of aromatic nitrogens is 1. The van der Waals surface area contributed by atoms with Crippen LogP contribution in [0.5, 0.6) is 0 Å². The van der Waals surface area contributed by atoms with Crippen LogP contribution < -0.4 is 11.1 Å². The largest absolute Gasteiger partial charge is 0.382 e. The highest BCUT2D eigenvalue weighted by Crippen LogP contribution is 2.27. The Kier molecular flexibility index (Phi) is 5.19. The van der Waals surface area contributed by atoms with Crippen LogP contribution in [0.4, 0.5) is 10.9 Å². The van der Waals surface area contributed by atoms with Crippen molar-refractivity contribution in [1.82, 2.24) is 9.88 Å². The molecule has 0 saturated carbocycles. The first-order valence-electron chi connectivity index (χ1n) is 7.06. The van der Waals surface area contributed by atoms with Gasteiger partial charge in [0, 0.05) is 26.2 Å². The molecule has 0 aromatic carbocycles. The fraction of sp³-hybridized carbons (Fsp3) is 0.692. The number of nitrogen functional groups attached to an aromatic ring is 1. The summed E-state index contributed by atoms with van der Waals surface area (Å²) in [6.45, 7) is 6.91. The van der Waals surface area contributed by atoms with Crippen LogP contribution in [0.1, 0.15) is 36.4 Å². The van der Waals surface area contributed by atoms with Gasteiger partial charge in [-0.05, 0) is 26.7 Å².